The number of carbonyl (C=O) groups is 1. The van der Waals surface area contributed by atoms with Gasteiger partial charge < -0.3 is 14.8 Å². The lowest BCUT2D eigenvalue weighted by Gasteiger charge is -2.11. The van der Waals surface area contributed by atoms with Gasteiger partial charge >= 0.3 is 5.51 Å². The molecule has 1 rings (SSSR count). The fourth-order valence-electron chi connectivity index (χ4n) is 1.65. The topological polar surface area (TPSA) is 47.6 Å². The van der Waals surface area contributed by atoms with Crippen molar-refractivity contribution < 1.29 is 27.4 Å². The van der Waals surface area contributed by atoms with E-state index in [1.54, 1.807) is 18.2 Å². The molecule has 0 unspecified atom stereocenters. The number of alkyl halides is 3. The highest BCUT2D eigenvalue weighted by Gasteiger charge is 2.27. The number of amides is 1. The second-order valence-corrected chi connectivity index (χ2v) is 5.50. The first kappa shape index (κ1) is 19.2. The molecule has 0 atom stereocenters. The van der Waals surface area contributed by atoms with E-state index in [-0.39, 0.29) is 30.7 Å². The summed E-state index contributed by atoms with van der Waals surface area (Å²) in [5.41, 5.74) is -3.37. The summed E-state index contributed by atoms with van der Waals surface area (Å²) in [5, 5.41) is 2.36. The Morgan fingerprint density at radius 3 is 2.70 bits per heavy atom. The number of carbonyl (C=O) groups excluding carboxylic acids is 1. The highest BCUT2D eigenvalue weighted by molar-refractivity contribution is 8.00. The van der Waals surface area contributed by atoms with Gasteiger partial charge in [-0.05, 0) is 36.4 Å². The Morgan fingerprint density at radius 2 is 2.09 bits per heavy atom. The van der Waals surface area contributed by atoms with Crippen LogP contribution in [0.3, 0.4) is 0 Å². The summed E-state index contributed by atoms with van der Waals surface area (Å²) in [6.07, 6.45) is 3.76. The van der Waals surface area contributed by atoms with E-state index < -0.39 is 11.4 Å². The van der Waals surface area contributed by atoms with Crippen molar-refractivity contribution in [3.05, 3.63) is 29.8 Å². The molecule has 0 fully saturated rings. The van der Waals surface area contributed by atoms with Gasteiger partial charge in [-0.1, -0.05) is 18.2 Å². The minimum Gasteiger partial charge on any atom is -0.493 e. The largest absolute Gasteiger partial charge is 0.493 e. The first-order chi connectivity index (χ1) is 10.9. The van der Waals surface area contributed by atoms with Gasteiger partial charge in [0.15, 0.2) is 18.1 Å². The van der Waals surface area contributed by atoms with Crippen molar-refractivity contribution >= 4 is 23.7 Å². The quantitative estimate of drug-likeness (QED) is 0.730. The molecule has 0 aromatic heterocycles. The first-order valence-corrected chi connectivity index (χ1v) is 7.75. The van der Waals surface area contributed by atoms with Crippen molar-refractivity contribution in [2.45, 2.75) is 12.4 Å². The molecule has 1 amide bonds. The smallest absolute Gasteiger partial charge is 0.441 e. The molecule has 4 nitrogen and oxygen atoms in total. The van der Waals surface area contributed by atoms with Gasteiger partial charge in [0.25, 0.3) is 5.91 Å². The monoisotopic (exact) mass is 349 g/mol. The molecule has 0 bridgehead atoms. The van der Waals surface area contributed by atoms with Crippen LogP contribution in [0.25, 0.3) is 6.08 Å². The Kier molecular flexibility index (Phi) is 7.80. The number of rotatable bonds is 8. The highest BCUT2D eigenvalue weighted by atomic mass is 32.2. The van der Waals surface area contributed by atoms with Gasteiger partial charge in [0.05, 0.1) is 7.11 Å². The molecule has 0 saturated carbocycles. The molecule has 0 aliphatic rings. The van der Waals surface area contributed by atoms with E-state index >= 15 is 0 Å². The van der Waals surface area contributed by atoms with Gasteiger partial charge in [0.1, 0.15) is 0 Å². The zero-order chi connectivity index (χ0) is 17.3. The molecule has 0 spiro atoms. The Balaban J connectivity index is 2.43. The summed E-state index contributed by atoms with van der Waals surface area (Å²) in [6.45, 7) is 1.51. The molecule has 1 aromatic rings. The van der Waals surface area contributed by atoms with E-state index in [2.05, 4.69) is 5.32 Å². The number of hydrogen-bond acceptors (Lipinski definition) is 4. The van der Waals surface area contributed by atoms with Crippen LogP contribution in [0.1, 0.15) is 12.5 Å². The second-order valence-electron chi connectivity index (χ2n) is 4.34. The number of thioether (sulfide) groups is 1. The third-order valence-electron chi connectivity index (χ3n) is 2.60. The van der Waals surface area contributed by atoms with E-state index in [9.17, 15) is 18.0 Å². The molecule has 1 N–H and O–H groups in total. The Hall–Kier alpha value is -1.83. The Morgan fingerprint density at radius 1 is 1.35 bits per heavy atom. The molecule has 0 aliphatic heterocycles. The fourth-order valence-corrected chi connectivity index (χ4v) is 2.09. The maximum atomic E-state index is 11.9. The van der Waals surface area contributed by atoms with Crippen LogP contribution in [-0.2, 0) is 4.79 Å². The summed E-state index contributed by atoms with van der Waals surface area (Å²) in [6, 6.07) is 5.23. The van der Waals surface area contributed by atoms with Crippen molar-refractivity contribution in [3.8, 4) is 11.5 Å². The predicted molar refractivity (Wildman–Crippen MR) is 84.7 cm³/mol. The summed E-state index contributed by atoms with van der Waals surface area (Å²) >= 11 is -0.180. The van der Waals surface area contributed by atoms with Crippen molar-refractivity contribution in [2.24, 2.45) is 0 Å². The van der Waals surface area contributed by atoms with Crippen LogP contribution in [-0.4, -0.2) is 37.4 Å². The number of allylic oxidation sites excluding steroid dienone is 1. The van der Waals surface area contributed by atoms with Gasteiger partial charge in [-0.25, -0.2) is 0 Å². The maximum Gasteiger partial charge on any atom is 0.441 e. The molecule has 8 heteroatoms. The van der Waals surface area contributed by atoms with Gasteiger partial charge in [0, 0.05) is 12.3 Å². The molecule has 0 radical (unpaired) electrons. The van der Waals surface area contributed by atoms with E-state index in [1.807, 2.05) is 19.1 Å². The third-order valence-corrected chi connectivity index (χ3v) is 3.33. The molecule has 0 aliphatic carbocycles. The Labute approximate surface area is 137 Å². The number of nitrogens with one attached hydrogen (secondary N) is 1. The maximum absolute atomic E-state index is 11.9. The summed E-state index contributed by atoms with van der Waals surface area (Å²) < 4.78 is 46.3. The van der Waals surface area contributed by atoms with Crippen LogP contribution in [0, 0.1) is 0 Å². The van der Waals surface area contributed by atoms with Crippen molar-refractivity contribution in [2.75, 3.05) is 26.0 Å². The Bertz CT molecular complexity index is 547. The number of benzene rings is 1. The molecule has 0 heterocycles. The zero-order valence-electron chi connectivity index (χ0n) is 12.8. The number of methoxy groups -OCH3 is 1. The van der Waals surface area contributed by atoms with E-state index in [0.717, 1.165) is 5.56 Å². The normalized spacial score (nSPS) is 11.5. The minimum atomic E-state index is -4.29. The van der Waals surface area contributed by atoms with Gasteiger partial charge in [-0.15, -0.1) is 0 Å². The van der Waals surface area contributed by atoms with Gasteiger partial charge in [-0.2, -0.15) is 13.2 Å². The number of hydrogen-bond donors (Lipinski definition) is 1. The van der Waals surface area contributed by atoms with Crippen LogP contribution in [0.2, 0.25) is 0 Å². The van der Waals surface area contributed by atoms with Crippen LogP contribution in [0.15, 0.2) is 24.3 Å². The van der Waals surface area contributed by atoms with Gasteiger partial charge in [-0.3, -0.25) is 4.79 Å². The van der Waals surface area contributed by atoms with E-state index in [4.69, 9.17) is 9.47 Å². The van der Waals surface area contributed by atoms with Crippen LogP contribution < -0.4 is 14.8 Å². The first-order valence-electron chi connectivity index (χ1n) is 6.76. The average molecular weight is 349 g/mol. The van der Waals surface area contributed by atoms with Gasteiger partial charge in [0.2, 0.25) is 0 Å². The number of halogens is 3. The number of ether oxygens (including phenoxy) is 2. The van der Waals surface area contributed by atoms with Crippen molar-refractivity contribution in [1.29, 1.82) is 0 Å². The molecular formula is C15H18F3NO3S. The summed E-state index contributed by atoms with van der Waals surface area (Å²) in [5.74, 6) is 0.130. The van der Waals surface area contributed by atoms with Crippen LogP contribution in [0.4, 0.5) is 13.2 Å². The van der Waals surface area contributed by atoms with Crippen molar-refractivity contribution in [1.82, 2.24) is 5.32 Å². The van der Waals surface area contributed by atoms with Crippen LogP contribution in [0.5, 0.6) is 11.5 Å². The van der Waals surface area contributed by atoms with Crippen molar-refractivity contribution in [3.63, 3.8) is 0 Å². The van der Waals surface area contributed by atoms with E-state index in [0.29, 0.717) is 11.5 Å². The fraction of sp³-hybridized carbons (Fsp3) is 0.400. The zero-order valence-corrected chi connectivity index (χ0v) is 13.6. The SMILES string of the molecule is CC=Cc1ccc(OCC(=O)NCCSC(F)(F)F)c(OC)c1. The summed E-state index contributed by atoms with van der Waals surface area (Å²) in [7, 11) is 1.48. The predicted octanol–water partition coefficient (Wildman–Crippen LogP) is 3.48. The summed E-state index contributed by atoms with van der Waals surface area (Å²) in [4.78, 5) is 11.5. The standard InChI is InChI=1S/C15H18F3NO3S/c1-3-4-11-5-6-12(13(9-11)21-2)22-10-14(20)19-7-8-23-15(16,17)18/h3-6,9H,7-8,10H2,1-2H3,(H,19,20). The molecule has 1 aromatic carbocycles. The molecular weight excluding hydrogens is 331 g/mol. The molecule has 0 saturated heterocycles. The highest BCUT2D eigenvalue weighted by Crippen LogP contribution is 2.29. The lowest BCUT2D eigenvalue weighted by Crippen LogP contribution is -2.31. The second kappa shape index (κ2) is 9.34. The lowest BCUT2D eigenvalue weighted by molar-refractivity contribution is -0.123. The van der Waals surface area contributed by atoms with Crippen LogP contribution >= 0.6 is 11.8 Å². The molecule has 23 heavy (non-hydrogen) atoms. The molecule has 128 valence electrons. The van der Waals surface area contributed by atoms with E-state index in [1.165, 1.54) is 7.11 Å². The minimum absolute atomic E-state index is 0.0796. The lowest BCUT2D eigenvalue weighted by atomic mass is 10.2. The third kappa shape index (κ3) is 7.83. The average Bonchev–Trinajstić information content (AvgIpc) is 2.49.